The van der Waals surface area contributed by atoms with Crippen molar-refractivity contribution in [1.82, 2.24) is 0 Å². The first-order valence-electron chi connectivity index (χ1n) is 23.0. The topological polar surface area (TPSA) is 36.9 Å². The third-order valence-electron chi connectivity index (χ3n) is 13.2. The Bertz CT molecular complexity index is 2980. The second kappa shape index (κ2) is 19.0. The van der Waals surface area contributed by atoms with Gasteiger partial charge in [-0.15, -0.1) is 22.2 Å². The lowest BCUT2D eigenvalue weighted by molar-refractivity contribution is 0.415. The van der Waals surface area contributed by atoms with E-state index >= 15 is 0 Å². The second-order valence-electron chi connectivity index (χ2n) is 19.4. The number of methoxy groups -OCH3 is 4. The van der Waals surface area contributed by atoms with Crippen LogP contribution in [0.15, 0.2) is 133 Å². The van der Waals surface area contributed by atoms with Gasteiger partial charge in [-0.05, 0) is 114 Å². The quantitative estimate of drug-likeness (QED) is 0.0864. The zero-order valence-electron chi connectivity index (χ0n) is 41.3. The van der Waals surface area contributed by atoms with Crippen LogP contribution in [0.5, 0.6) is 23.0 Å². The van der Waals surface area contributed by atoms with Crippen molar-refractivity contribution in [2.75, 3.05) is 28.4 Å². The van der Waals surface area contributed by atoms with Crippen LogP contribution < -0.4 is 39.7 Å². The molecule has 0 amide bonds. The molecule has 8 heteroatoms. The number of hydrogen-bond donors (Lipinski definition) is 0. The van der Waals surface area contributed by atoms with Crippen molar-refractivity contribution in [2.45, 2.75) is 52.4 Å². The third kappa shape index (κ3) is 9.75. The summed E-state index contributed by atoms with van der Waals surface area (Å²) in [6.45, 7) is 18.5. The molecule has 0 aliphatic heterocycles. The summed E-state index contributed by atoms with van der Waals surface area (Å²) < 4.78 is 22.0. The Morgan fingerprint density at radius 3 is 0.647 bits per heavy atom. The van der Waals surface area contributed by atoms with Crippen molar-refractivity contribution in [3.05, 3.63) is 156 Å². The Balaban J connectivity index is 1.40. The standard InChI is InChI=1S/C60H58O4Si4/c1-61-47-13-21-51(22-14-47)65(5,6)37-33-43-41-44(34-38-66(7,8)52-23-15-48(62-2)16-24-52)56-31-32-58-46(36-40-68(11,12)54-27-19-50(64-4)20-28-54)42-45(57-30-29-55(43)59(56)60(57)58)35-39-67(9,10)53-25-17-49(63-3)18-26-53/h13-32,41-42H,1-12H3. The molecule has 8 aromatic carbocycles. The van der Waals surface area contributed by atoms with Crippen molar-refractivity contribution in [3.63, 3.8) is 0 Å². The molecule has 0 saturated carbocycles. The van der Waals surface area contributed by atoms with E-state index in [0.717, 1.165) is 77.6 Å². The molecule has 0 spiro atoms. The van der Waals surface area contributed by atoms with E-state index in [2.05, 4.69) is 183 Å². The fourth-order valence-corrected chi connectivity index (χ4v) is 15.0. The molecule has 0 fully saturated rings. The molecule has 0 saturated heterocycles. The van der Waals surface area contributed by atoms with Crippen LogP contribution in [0, 0.1) is 45.9 Å². The van der Waals surface area contributed by atoms with Gasteiger partial charge in [-0.3, -0.25) is 0 Å². The molecule has 0 atom stereocenters. The van der Waals surface area contributed by atoms with Gasteiger partial charge in [0.25, 0.3) is 0 Å². The molecule has 0 aliphatic carbocycles. The molecule has 4 nitrogen and oxygen atoms in total. The average molecular weight is 955 g/mol. The van der Waals surface area contributed by atoms with E-state index in [1.54, 1.807) is 28.4 Å². The van der Waals surface area contributed by atoms with Crippen LogP contribution in [0.3, 0.4) is 0 Å². The third-order valence-corrected chi connectivity index (χ3v) is 23.3. The highest BCUT2D eigenvalue weighted by molar-refractivity contribution is 6.98. The van der Waals surface area contributed by atoms with Gasteiger partial charge in [0.1, 0.15) is 23.0 Å². The van der Waals surface area contributed by atoms with E-state index in [1.807, 2.05) is 48.5 Å². The maximum atomic E-state index is 5.49. The van der Waals surface area contributed by atoms with E-state index < -0.39 is 32.3 Å². The van der Waals surface area contributed by atoms with Gasteiger partial charge in [-0.1, -0.05) is 149 Å². The van der Waals surface area contributed by atoms with Crippen molar-refractivity contribution in [3.8, 4) is 68.9 Å². The van der Waals surface area contributed by atoms with Gasteiger partial charge in [0.15, 0.2) is 32.3 Å². The van der Waals surface area contributed by atoms with Crippen LogP contribution in [0.1, 0.15) is 22.3 Å². The van der Waals surface area contributed by atoms with E-state index in [9.17, 15) is 0 Å². The summed E-state index contributed by atoms with van der Waals surface area (Å²) in [6, 6.07) is 47.0. The number of hydrogen-bond acceptors (Lipinski definition) is 4. The number of benzene rings is 8. The Morgan fingerprint density at radius 2 is 0.471 bits per heavy atom. The minimum absolute atomic E-state index is 0.842. The van der Waals surface area contributed by atoms with Gasteiger partial charge in [0.2, 0.25) is 0 Å². The maximum absolute atomic E-state index is 5.49. The van der Waals surface area contributed by atoms with Crippen molar-refractivity contribution < 1.29 is 18.9 Å². The minimum atomic E-state index is -2.22. The van der Waals surface area contributed by atoms with Gasteiger partial charge in [-0.25, -0.2) is 0 Å². The van der Waals surface area contributed by atoms with Gasteiger partial charge in [0, 0.05) is 22.3 Å². The largest absolute Gasteiger partial charge is 0.497 e. The molecule has 68 heavy (non-hydrogen) atoms. The molecule has 0 radical (unpaired) electrons. The van der Waals surface area contributed by atoms with Gasteiger partial charge >= 0.3 is 0 Å². The van der Waals surface area contributed by atoms with E-state index in [-0.39, 0.29) is 0 Å². The highest BCUT2D eigenvalue weighted by Gasteiger charge is 2.26. The van der Waals surface area contributed by atoms with E-state index in [1.165, 1.54) is 20.7 Å². The first-order chi connectivity index (χ1) is 32.5. The monoisotopic (exact) mass is 954 g/mol. The molecular weight excluding hydrogens is 897 g/mol. The Labute approximate surface area is 407 Å². The van der Waals surface area contributed by atoms with Gasteiger partial charge in [0.05, 0.1) is 28.4 Å². The fourth-order valence-electron chi connectivity index (χ4n) is 8.62. The van der Waals surface area contributed by atoms with Crippen LogP contribution in [0.2, 0.25) is 52.4 Å². The van der Waals surface area contributed by atoms with Crippen molar-refractivity contribution >= 4 is 85.4 Å². The fraction of sp³-hybridized carbons (Fsp3) is 0.200. The highest BCUT2D eigenvalue weighted by atomic mass is 28.3. The average Bonchev–Trinajstić information content (AvgIpc) is 3.36. The van der Waals surface area contributed by atoms with Crippen molar-refractivity contribution in [1.29, 1.82) is 0 Å². The lowest BCUT2D eigenvalue weighted by atomic mass is 9.86. The molecule has 338 valence electrons. The molecule has 0 unspecified atom stereocenters. The van der Waals surface area contributed by atoms with Crippen LogP contribution in [-0.4, -0.2) is 60.7 Å². The molecule has 0 aliphatic rings. The van der Waals surface area contributed by atoms with Crippen LogP contribution in [0.4, 0.5) is 0 Å². The summed E-state index contributed by atoms with van der Waals surface area (Å²) in [5.41, 5.74) is 19.2. The number of rotatable bonds is 8. The van der Waals surface area contributed by atoms with Crippen LogP contribution in [0.25, 0.3) is 32.3 Å². The zero-order chi connectivity index (χ0) is 48.4. The summed E-state index contributed by atoms with van der Waals surface area (Å²) in [5, 5.41) is 11.7. The zero-order valence-corrected chi connectivity index (χ0v) is 45.3. The SMILES string of the molecule is COc1ccc([Si](C)(C)C#Cc2cc(C#C[Si](C)(C)c3ccc(OC)cc3)c3ccc4c(C#C[Si](C)(C)c5ccc(OC)cc5)cc(C#C[Si](C)(C)c5ccc(OC)cc5)c5ccc2c3c54)cc1. The summed E-state index contributed by atoms with van der Waals surface area (Å²) in [5.74, 6) is 18.4. The summed E-state index contributed by atoms with van der Waals surface area (Å²) >= 11 is 0. The molecule has 0 aromatic heterocycles. The summed E-state index contributed by atoms with van der Waals surface area (Å²) in [6.07, 6.45) is 0. The second-order valence-corrected chi connectivity index (χ2v) is 35.7. The smallest absolute Gasteiger partial charge is 0.163 e. The van der Waals surface area contributed by atoms with Crippen LogP contribution >= 0.6 is 0 Å². The van der Waals surface area contributed by atoms with Gasteiger partial charge < -0.3 is 18.9 Å². The van der Waals surface area contributed by atoms with E-state index in [0.29, 0.717) is 0 Å². The highest BCUT2D eigenvalue weighted by Crippen LogP contribution is 2.40. The maximum Gasteiger partial charge on any atom is 0.163 e. The van der Waals surface area contributed by atoms with Gasteiger partial charge in [-0.2, -0.15) is 0 Å². The molecular formula is C60H58O4Si4. The molecule has 8 rings (SSSR count). The molecule has 8 aromatic rings. The predicted molar refractivity (Wildman–Crippen MR) is 298 cm³/mol. The lowest BCUT2D eigenvalue weighted by Crippen LogP contribution is -2.40. The summed E-state index contributed by atoms with van der Waals surface area (Å²) in [7, 11) is -2.08. The Kier molecular flexibility index (Phi) is 13.3. The first kappa shape index (κ1) is 47.6. The molecule has 0 heterocycles. The minimum Gasteiger partial charge on any atom is -0.497 e. The van der Waals surface area contributed by atoms with E-state index in [4.69, 9.17) is 18.9 Å². The lowest BCUT2D eigenvalue weighted by Gasteiger charge is -2.19. The first-order valence-corrected chi connectivity index (χ1v) is 35.0. The predicted octanol–water partition coefficient (Wildman–Crippen LogP) is 10.6. The van der Waals surface area contributed by atoms with Crippen LogP contribution in [-0.2, 0) is 0 Å². The molecule has 0 N–H and O–H groups in total. The summed E-state index contributed by atoms with van der Waals surface area (Å²) in [4.78, 5) is 0. The van der Waals surface area contributed by atoms with Crippen molar-refractivity contribution in [2.24, 2.45) is 0 Å². The Morgan fingerprint density at radius 1 is 0.279 bits per heavy atom. The molecule has 0 bridgehead atoms. The number of ether oxygens (including phenoxy) is 4. The Hall–Kier alpha value is -6.89. The normalized spacial score (nSPS) is 11.6.